The van der Waals surface area contributed by atoms with Crippen LogP contribution in [0.3, 0.4) is 0 Å². The minimum Gasteiger partial charge on any atom is -0.396 e. The first kappa shape index (κ1) is 24.7. The molecule has 5 nitrogen and oxygen atoms in total. The van der Waals surface area contributed by atoms with Crippen LogP contribution < -0.4 is 4.90 Å². The zero-order valence-electron chi connectivity index (χ0n) is 21.9. The Kier molecular flexibility index (Phi) is 6.48. The number of anilines is 1. The van der Waals surface area contributed by atoms with E-state index in [0.717, 1.165) is 44.9 Å². The molecule has 5 rings (SSSR count). The quantitative estimate of drug-likeness (QED) is 0.530. The Balaban J connectivity index is 1.65. The molecule has 0 spiro atoms. The molecule has 0 aliphatic heterocycles. The molecule has 2 fully saturated rings. The molecule has 0 heterocycles. The smallest absolute Gasteiger partial charge is 0.156 e. The third-order valence-electron chi connectivity index (χ3n) is 10.2. The first-order chi connectivity index (χ1) is 16.7. The number of fused-ring (bicyclic) bond motifs is 4. The Morgan fingerprint density at radius 2 is 1.80 bits per heavy atom. The van der Waals surface area contributed by atoms with Crippen molar-refractivity contribution in [1.29, 1.82) is 0 Å². The maximum absolute atomic E-state index is 12.3. The van der Waals surface area contributed by atoms with Crippen LogP contribution in [0.25, 0.3) is 0 Å². The van der Waals surface area contributed by atoms with E-state index in [9.17, 15) is 15.1 Å². The highest BCUT2D eigenvalue weighted by Crippen LogP contribution is 2.68. The molecule has 0 bridgehead atoms. The van der Waals surface area contributed by atoms with Crippen molar-refractivity contribution in [2.45, 2.75) is 76.2 Å². The average molecular weight is 479 g/mol. The summed E-state index contributed by atoms with van der Waals surface area (Å²) in [5.74, 6) is 1.57. The highest BCUT2D eigenvalue weighted by atomic mass is 16.5. The van der Waals surface area contributed by atoms with Crippen LogP contribution in [0.5, 0.6) is 0 Å². The molecule has 0 aromatic heterocycles. The van der Waals surface area contributed by atoms with Gasteiger partial charge in [-0.05, 0) is 104 Å². The summed E-state index contributed by atoms with van der Waals surface area (Å²) in [6, 6.07) is 9.04. The number of ketones is 1. The maximum Gasteiger partial charge on any atom is 0.156 e. The number of allylic oxidation sites excluding steroid dienone is 4. The van der Waals surface area contributed by atoms with Gasteiger partial charge >= 0.3 is 0 Å². The van der Waals surface area contributed by atoms with Crippen molar-refractivity contribution in [2.24, 2.45) is 17.3 Å². The molecular weight excluding hydrogens is 436 g/mol. The molecule has 4 aliphatic rings. The molecule has 4 aliphatic carbocycles. The lowest BCUT2D eigenvalue weighted by atomic mass is 9.50. The zero-order valence-corrected chi connectivity index (χ0v) is 21.9. The largest absolute Gasteiger partial charge is 0.396 e. The van der Waals surface area contributed by atoms with E-state index in [1.165, 1.54) is 27.5 Å². The molecule has 190 valence electrons. The van der Waals surface area contributed by atoms with Crippen molar-refractivity contribution < 1.29 is 15.1 Å². The van der Waals surface area contributed by atoms with Gasteiger partial charge in [0.2, 0.25) is 0 Å². The standard InChI is InChI=1S/C30H42N2O3/c1-29-19-26(20-6-9-22(10-7-20)31(2)3)28-24-13-11-23(34)18-21(24)8-12-25(28)27(29)14-16-30(29,32(4)35)15-5-17-33/h6-7,9-10,18,25-27,33,35H,5,8,11-17,19H2,1-4H3/t25-,26?,27-,29-,30?/m0/s1. The van der Waals surface area contributed by atoms with Crippen molar-refractivity contribution in [3.63, 3.8) is 0 Å². The van der Waals surface area contributed by atoms with Gasteiger partial charge in [-0.25, -0.2) is 0 Å². The van der Waals surface area contributed by atoms with Gasteiger partial charge in [-0.15, -0.1) is 0 Å². The third-order valence-corrected chi connectivity index (χ3v) is 10.2. The second-order valence-corrected chi connectivity index (χ2v) is 11.9. The Hall–Kier alpha value is -1.95. The van der Waals surface area contributed by atoms with Gasteiger partial charge in [-0.2, -0.15) is 5.06 Å². The third kappa shape index (κ3) is 3.82. The Labute approximate surface area is 210 Å². The fourth-order valence-electron chi connectivity index (χ4n) is 8.53. The first-order valence-corrected chi connectivity index (χ1v) is 13.5. The molecular formula is C30H42N2O3. The molecule has 2 N–H and O–H groups in total. The van der Waals surface area contributed by atoms with Crippen LogP contribution in [0.4, 0.5) is 5.69 Å². The fraction of sp³-hybridized carbons (Fsp3) is 0.633. The zero-order chi connectivity index (χ0) is 25.0. The monoisotopic (exact) mass is 478 g/mol. The van der Waals surface area contributed by atoms with E-state index in [1.54, 1.807) is 5.57 Å². The van der Waals surface area contributed by atoms with Gasteiger partial charge in [0.15, 0.2) is 5.78 Å². The number of rotatable bonds is 6. The number of hydroxylamine groups is 2. The molecule has 35 heavy (non-hydrogen) atoms. The number of hydrogen-bond acceptors (Lipinski definition) is 5. The summed E-state index contributed by atoms with van der Waals surface area (Å²) < 4.78 is 0. The summed E-state index contributed by atoms with van der Waals surface area (Å²) in [7, 11) is 5.98. The fourth-order valence-corrected chi connectivity index (χ4v) is 8.53. The van der Waals surface area contributed by atoms with E-state index in [-0.39, 0.29) is 29.3 Å². The van der Waals surface area contributed by atoms with Crippen LogP contribution in [0.2, 0.25) is 0 Å². The lowest BCUT2D eigenvalue weighted by Crippen LogP contribution is -2.58. The maximum atomic E-state index is 12.3. The number of hydrogen-bond donors (Lipinski definition) is 2. The van der Waals surface area contributed by atoms with E-state index < -0.39 is 0 Å². The number of carbonyl (C=O) groups excluding carboxylic acids is 1. The van der Waals surface area contributed by atoms with Gasteiger partial charge < -0.3 is 15.2 Å². The average Bonchev–Trinajstić information content (AvgIpc) is 3.14. The molecule has 0 saturated heterocycles. The lowest BCUT2D eigenvalue weighted by Gasteiger charge is -2.57. The Bertz CT molecular complexity index is 1040. The second-order valence-electron chi connectivity index (χ2n) is 11.9. The molecule has 0 amide bonds. The van der Waals surface area contributed by atoms with Crippen LogP contribution >= 0.6 is 0 Å². The molecule has 1 aromatic rings. The Morgan fingerprint density at radius 1 is 1.06 bits per heavy atom. The van der Waals surface area contributed by atoms with E-state index in [4.69, 9.17) is 0 Å². The Morgan fingerprint density at radius 3 is 2.46 bits per heavy atom. The van der Waals surface area contributed by atoms with Crippen molar-refractivity contribution >= 4 is 11.5 Å². The summed E-state index contributed by atoms with van der Waals surface area (Å²) in [5, 5.41) is 22.3. The van der Waals surface area contributed by atoms with Crippen LogP contribution in [-0.4, -0.2) is 54.4 Å². The van der Waals surface area contributed by atoms with Gasteiger partial charge in [0.05, 0.1) is 5.54 Å². The summed E-state index contributed by atoms with van der Waals surface area (Å²) in [6.07, 6.45) is 10.1. The van der Waals surface area contributed by atoms with Crippen molar-refractivity contribution in [2.75, 3.05) is 32.6 Å². The second kappa shape index (κ2) is 9.17. The lowest BCUT2D eigenvalue weighted by molar-refractivity contribution is -0.204. The number of aliphatic hydroxyl groups is 1. The number of carbonyl (C=O) groups is 1. The summed E-state index contributed by atoms with van der Waals surface area (Å²) in [4.78, 5) is 14.4. The highest BCUT2D eigenvalue weighted by Gasteiger charge is 2.64. The van der Waals surface area contributed by atoms with Crippen molar-refractivity contribution in [3.8, 4) is 0 Å². The molecule has 5 heteroatoms. The van der Waals surface area contributed by atoms with E-state index in [2.05, 4.69) is 50.2 Å². The van der Waals surface area contributed by atoms with Crippen LogP contribution in [0, 0.1) is 17.3 Å². The minimum atomic E-state index is -0.322. The summed E-state index contributed by atoms with van der Waals surface area (Å²) in [6.45, 7) is 2.58. The predicted molar refractivity (Wildman–Crippen MR) is 140 cm³/mol. The SMILES string of the molecule is CN(C)c1ccc(C2C[C@@]3(C)[C@@H](CCC3(CCCO)N(C)O)[C@@H]3CCC4=CC(=O)CCC4=C23)cc1. The minimum absolute atomic E-state index is 0.0585. The molecule has 0 radical (unpaired) electrons. The molecule has 2 unspecified atom stereocenters. The molecule has 2 saturated carbocycles. The highest BCUT2D eigenvalue weighted by molar-refractivity contribution is 5.93. The molecule has 1 aromatic carbocycles. The summed E-state index contributed by atoms with van der Waals surface area (Å²) in [5.41, 5.74) is 6.51. The van der Waals surface area contributed by atoms with Crippen LogP contribution in [-0.2, 0) is 4.79 Å². The predicted octanol–water partition coefficient (Wildman–Crippen LogP) is 5.48. The van der Waals surface area contributed by atoms with Crippen molar-refractivity contribution in [3.05, 3.63) is 52.6 Å². The number of benzene rings is 1. The number of aliphatic hydroxyl groups excluding tert-OH is 1. The molecule has 5 atom stereocenters. The van der Waals surface area contributed by atoms with E-state index in [0.29, 0.717) is 24.7 Å². The van der Waals surface area contributed by atoms with Crippen molar-refractivity contribution in [1.82, 2.24) is 5.06 Å². The normalized spacial score (nSPS) is 34.4. The van der Waals surface area contributed by atoms with Gasteiger partial charge in [-0.1, -0.05) is 24.6 Å². The van der Waals surface area contributed by atoms with Gasteiger partial charge in [0.25, 0.3) is 0 Å². The number of nitrogens with zero attached hydrogens (tertiary/aromatic N) is 2. The van der Waals surface area contributed by atoms with E-state index in [1.807, 2.05) is 13.1 Å². The topological polar surface area (TPSA) is 64.0 Å². The van der Waals surface area contributed by atoms with Gasteiger partial charge in [0.1, 0.15) is 0 Å². The van der Waals surface area contributed by atoms with Crippen LogP contribution in [0.15, 0.2) is 47.1 Å². The summed E-state index contributed by atoms with van der Waals surface area (Å²) >= 11 is 0. The van der Waals surface area contributed by atoms with Gasteiger partial charge in [0, 0.05) is 45.8 Å². The first-order valence-electron chi connectivity index (χ1n) is 13.5. The van der Waals surface area contributed by atoms with Gasteiger partial charge in [-0.3, -0.25) is 4.79 Å². The van der Waals surface area contributed by atoms with E-state index >= 15 is 0 Å². The van der Waals surface area contributed by atoms with Crippen LogP contribution in [0.1, 0.15) is 76.2 Å².